The van der Waals surface area contributed by atoms with Crippen molar-refractivity contribution >= 4 is 15.7 Å². The first-order chi connectivity index (χ1) is 9.73. The third-order valence-electron chi connectivity index (χ3n) is 3.55. The normalized spacial score (nSPS) is 12.0. The Morgan fingerprint density at radius 3 is 2.38 bits per heavy atom. The van der Waals surface area contributed by atoms with Gasteiger partial charge < -0.3 is 10.2 Å². The Labute approximate surface area is 125 Å². The van der Waals surface area contributed by atoms with Crippen LogP contribution in [0.4, 0.5) is 5.69 Å². The number of rotatable bonds is 4. The molecule has 1 aromatic carbocycles. The van der Waals surface area contributed by atoms with Crippen LogP contribution in [-0.2, 0) is 16.6 Å². The molecule has 0 atom stereocenters. The zero-order valence-electron chi connectivity index (χ0n) is 12.7. The summed E-state index contributed by atoms with van der Waals surface area (Å²) in [5.41, 5.74) is 7.72. The van der Waals surface area contributed by atoms with Gasteiger partial charge in [0.25, 0.3) is 0 Å². The summed E-state index contributed by atoms with van der Waals surface area (Å²) < 4.78 is 32.2. The highest BCUT2D eigenvalue weighted by atomic mass is 32.2. The molecule has 114 valence electrons. The van der Waals surface area contributed by atoms with Gasteiger partial charge in [-0.25, -0.2) is 8.42 Å². The van der Waals surface area contributed by atoms with Crippen LogP contribution in [0.3, 0.4) is 0 Å². The van der Waals surface area contributed by atoms with Gasteiger partial charge in [0.15, 0.2) is 0 Å². The molecule has 2 aromatic rings. The van der Waals surface area contributed by atoms with E-state index >= 15 is 0 Å². The number of aryl methyl sites for hydroxylation is 2. The molecule has 2 rings (SSSR count). The van der Waals surface area contributed by atoms with Gasteiger partial charge in [-0.2, -0.15) is 4.31 Å². The lowest BCUT2D eigenvalue weighted by Crippen LogP contribution is -2.28. The second-order valence-corrected chi connectivity index (χ2v) is 7.18. The summed E-state index contributed by atoms with van der Waals surface area (Å²) in [4.78, 5) is 0.174. The van der Waals surface area contributed by atoms with E-state index < -0.39 is 10.0 Å². The predicted octanol–water partition coefficient (Wildman–Crippen LogP) is 2.61. The van der Waals surface area contributed by atoms with Crippen LogP contribution in [0.2, 0.25) is 0 Å². The van der Waals surface area contributed by atoms with Crippen molar-refractivity contribution in [2.45, 2.75) is 32.2 Å². The highest BCUT2D eigenvalue weighted by Crippen LogP contribution is 2.28. The van der Waals surface area contributed by atoms with Crippen molar-refractivity contribution in [3.8, 4) is 0 Å². The molecule has 21 heavy (non-hydrogen) atoms. The van der Waals surface area contributed by atoms with Gasteiger partial charge in [-0.05, 0) is 50.1 Å². The Morgan fingerprint density at radius 1 is 1.14 bits per heavy atom. The fourth-order valence-corrected chi connectivity index (χ4v) is 3.71. The highest BCUT2D eigenvalue weighted by molar-refractivity contribution is 7.89. The molecular weight excluding hydrogens is 288 g/mol. The Balaban J connectivity index is 2.40. The first-order valence-electron chi connectivity index (χ1n) is 6.61. The van der Waals surface area contributed by atoms with E-state index in [0.29, 0.717) is 11.3 Å². The van der Waals surface area contributed by atoms with Crippen LogP contribution < -0.4 is 5.73 Å². The largest absolute Gasteiger partial charge is 0.465 e. The molecule has 0 spiro atoms. The molecule has 0 aliphatic heterocycles. The number of anilines is 1. The van der Waals surface area contributed by atoms with Crippen molar-refractivity contribution in [3.05, 3.63) is 46.9 Å². The fraction of sp³-hybridized carbons (Fsp3) is 0.333. The minimum Gasteiger partial charge on any atom is -0.465 e. The summed E-state index contributed by atoms with van der Waals surface area (Å²) >= 11 is 0. The summed E-state index contributed by atoms with van der Waals surface area (Å²) in [6.07, 6.45) is 0. The van der Waals surface area contributed by atoms with Crippen molar-refractivity contribution in [3.63, 3.8) is 0 Å². The monoisotopic (exact) mass is 308 g/mol. The molecule has 0 radical (unpaired) electrons. The maximum absolute atomic E-state index is 12.7. The van der Waals surface area contributed by atoms with Gasteiger partial charge in [0.05, 0.1) is 12.2 Å². The van der Waals surface area contributed by atoms with E-state index in [1.54, 1.807) is 19.1 Å². The van der Waals surface area contributed by atoms with Crippen LogP contribution in [0.25, 0.3) is 0 Å². The van der Waals surface area contributed by atoms with Gasteiger partial charge in [0.1, 0.15) is 16.4 Å². The lowest BCUT2D eigenvalue weighted by atomic mass is 10.1. The Morgan fingerprint density at radius 2 is 1.81 bits per heavy atom. The quantitative estimate of drug-likeness (QED) is 0.881. The molecule has 0 unspecified atom stereocenters. The van der Waals surface area contributed by atoms with Crippen LogP contribution in [-0.4, -0.2) is 19.8 Å². The molecule has 5 nitrogen and oxygen atoms in total. The second-order valence-electron chi connectivity index (χ2n) is 5.20. The van der Waals surface area contributed by atoms with Gasteiger partial charge in [-0.3, -0.25) is 0 Å². The molecule has 0 bridgehead atoms. The maximum Gasteiger partial charge on any atom is 0.245 e. The number of nitrogens with zero attached hydrogens (tertiary/aromatic N) is 1. The average molecular weight is 308 g/mol. The molecule has 1 heterocycles. The van der Waals surface area contributed by atoms with Gasteiger partial charge in [-0.1, -0.05) is 6.07 Å². The fourth-order valence-electron chi connectivity index (χ4n) is 2.18. The molecule has 0 amide bonds. The minimum absolute atomic E-state index is 0.170. The molecule has 0 aliphatic carbocycles. The van der Waals surface area contributed by atoms with Gasteiger partial charge in [0, 0.05) is 7.05 Å². The van der Waals surface area contributed by atoms with E-state index in [4.69, 9.17) is 10.2 Å². The van der Waals surface area contributed by atoms with Crippen LogP contribution in [0, 0.1) is 20.8 Å². The third-order valence-corrected chi connectivity index (χ3v) is 5.56. The molecule has 0 saturated carbocycles. The first kappa shape index (κ1) is 15.6. The van der Waals surface area contributed by atoms with Gasteiger partial charge in [0.2, 0.25) is 10.0 Å². The lowest BCUT2D eigenvalue weighted by molar-refractivity contribution is 0.397. The second kappa shape index (κ2) is 5.54. The molecular formula is C15H20N2O3S. The summed E-state index contributed by atoms with van der Waals surface area (Å²) in [6.45, 7) is 5.62. The van der Waals surface area contributed by atoms with Crippen molar-refractivity contribution in [2.24, 2.45) is 0 Å². The number of hydrogen-bond donors (Lipinski definition) is 1. The Bertz CT molecular complexity index is 763. The van der Waals surface area contributed by atoms with E-state index in [1.165, 1.54) is 11.4 Å². The van der Waals surface area contributed by atoms with E-state index in [9.17, 15) is 8.42 Å². The maximum atomic E-state index is 12.7. The molecule has 0 aliphatic rings. The van der Waals surface area contributed by atoms with Crippen LogP contribution in [0.15, 0.2) is 33.6 Å². The van der Waals surface area contributed by atoms with Crippen molar-refractivity contribution in [1.82, 2.24) is 4.31 Å². The van der Waals surface area contributed by atoms with Crippen LogP contribution in [0.1, 0.15) is 22.6 Å². The lowest BCUT2D eigenvalue weighted by Gasteiger charge is -2.19. The van der Waals surface area contributed by atoms with E-state index in [-0.39, 0.29) is 17.1 Å². The zero-order valence-corrected chi connectivity index (χ0v) is 13.5. The van der Waals surface area contributed by atoms with Crippen LogP contribution >= 0.6 is 0 Å². The van der Waals surface area contributed by atoms with Gasteiger partial charge in [-0.15, -0.1) is 0 Å². The molecule has 2 N–H and O–H groups in total. The molecule has 6 heteroatoms. The Hall–Kier alpha value is -1.79. The van der Waals surface area contributed by atoms with E-state index in [0.717, 1.165) is 11.3 Å². The minimum atomic E-state index is -3.66. The van der Waals surface area contributed by atoms with Crippen molar-refractivity contribution < 1.29 is 12.8 Å². The standard InChI is InChI=1S/C15H20N2O3S/c1-10-5-8-14(16)15(12(10)3)21(18,19)17(4)9-13-7-6-11(2)20-13/h5-8H,9,16H2,1-4H3. The smallest absolute Gasteiger partial charge is 0.245 e. The average Bonchev–Trinajstić information content (AvgIpc) is 2.79. The third kappa shape index (κ3) is 2.96. The number of furan rings is 1. The summed E-state index contributed by atoms with van der Waals surface area (Å²) in [7, 11) is -2.14. The van der Waals surface area contributed by atoms with Crippen molar-refractivity contribution in [2.75, 3.05) is 12.8 Å². The Kier molecular flexibility index (Phi) is 4.11. The highest BCUT2D eigenvalue weighted by Gasteiger charge is 2.26. The van der Waals surface area contributed by atoms with Crippen LogP contribution in [0.5, 0.6) is 0 Å². The summed E-state index contributed by atoms with van der Waals surface area (Å²) in [6, 6.07) is 7.02. The van der Waals surface area contributed by atoms with Gasteiger partial charge >= 0.3 is 0 Å². The number of hydrogen-bond acceptors (Lipinski definition) is 4. The molecule has 1 aromatic heterocycles. The van der Waals surface area contributed by atoms with E-state index in [1.807, 2.05) is 26.0 Å². The number of nitrogens with two attached hydrogens (primary N) is 1. The van der Waals surface area contributed by atoms with Crippen molar-refractivity contribution in [1.29, 1.82) is 0 Å². The van der Waals surface area contributed by atoms with E-state index in [2.05, 4.69) is 0 Å². The first-order valence-corrected chi connectivity index (χ1v) is 8.05. The topological polar surface area (TPSA) is 76.5 Å². The number of benzene rings is 1. The zero-order chi connectivity index (χ0) is 15.8. The number of nitrogen functional groups attached to an aromatic ring is 1. The summed E-state index contributed by atoms with van der Waals surface area (Å²) in [5, 5.41) is 0. The predicted molar refractivity (Wildman–Crippen MR) is 82.4 cm³/mol. The molecule has 0 saturated heterocycles. The SMILES string of the molecule is Cc1ccc(CN(C)S(=O)(=O)c2c(N)ccc(C)c2C)o1. The summed E-state index contributed by atoms with van der Waals surface area (Å²) in [5.74, 6) is 1.35. The molecule has 0 fully saturated rings. The number of sulfonamides is 1.